The van der Waals surface area contributed by atoms with E-state index >= 15 is 0 Å². The molecule has 0 atom stereocenters. The smallest absolute Gasteiger partial charge is 0.246 e. The molecule has 1 aromatic heterocycles. The lowest BCUT2D eigenvalue weighted by Gasteiger charge is -2.06. The number of rotatable bonds is 6. The number of carbonyl (C=O) groups is 1. The summed E-state index contributed by atoms with van der Waals surface area (Å²) in [6.07, 6.45) is 1.06. The van der Waals surface area contributed by atoms with Crippen molar-refractivity contribution in [1.29, 1.82) is 0 Å². The minimum Gasteiger partial charge on any atom is -0.347 e. The molecule has 0 aliphatic rings. The van der Waals surface area contributed by atoms with Crippen molar-refractivity contribution in [3.63, 3.8) is 0 Å². The fourth-order valence-electron chi connectivity index (χ4n) is 3.10. The van der Waals surface area contributed by atoms with E-state index in [1.807, 2.05) is 36.4 Å². The fraction of sp³-hybridized carbons (Fsp3) is 0.136. The maximum Gasteiger partial charge on any atom is 0.246 e. The number of nitrogens with one attached hydrogen (secondary N) is 1. The highest BCUT2D eigenvalue weighted by molar-refractivity contribution is 6.33. The number of hydrogen-bond acceptors (Lipinski definition) is 4. The number of halogens is 1. The fourth-order valence-corrected chi connectivity index (χ4v) is 3.32. The van der Waals surface area contributed by atoms with E-state index in [4.69, 9.17) is 16.1 Å². The molecule has 4 rings (SSSR count). The molecule has 0 aliphatic carbocycles. The van der Waals surface area contributed by atoms with E-state index in [0.717, 1.165) is 5.56 Å². The first-order valence-corrected chi connectivity index (χ1v) is 9.39. The third kappa shape index (κ3) is 4.05. The Morgan fingerprint density at radius 1 is 1.00 bits per heavy atom. The van der Waals surface area contributed by atoms with Gasteiger partial charge in [0.25, 0.3) is 0 Å². The van der Waals surface area contributed by atoms with Gasteiger partial charge in [-0.15, -0.1) is 0 Å². The monoisotopic (exact) mass is 391 g/mol. The van der Waals surface area contributed by atoms with Crippen LogP contribution in [0.3, 0.4) is 0 Å². The second kappa shape index (κ2) is 8.23. The van der Waals surface area contributed by atoms with Crippen LogP contribution in [0.1, 0.15) is 17.9 Å². The Labute approximate surface area is 167 Å². The molecule has 28 heavy (non-hydrogen) atoms. The van der Waals surface area contributed by atoms with Crippen molar-refractivity contribution in [2.75, 3.05) is 0 Å². The van der Waals surface area contributed by atoms with Crippen molar-refractivity contribution < 1.29 is 9.32 Å². The van der Waals surface area contributed by atoms with Gasteiger partial charge in [-0.2, -0.15) is 4.98 Å². The van der Waals surface area contributed by atoms with E-state index in [1.54, 1.807) is 6.07 Å². The Bertz CT molecular complexity index is 1120. The van der Waals surface area contributed by atoms with Crippen molar-refractivity contribution in [1.82, 2.24) is 15.5 Å². The van der Waals surface area contributed by atoms with Gasteiger partial charge in [0.1, 0.15) is 0 Å². The molecule has 0 saturated heterocycles. The van der Waals surface area contributed by atoms with Gasteiger partial charge >= 0.3 is 0 Å². The average Bonchev–Trinajstić information content (AvgIpc) is 3.20. The van der Waals surface area contributed by atoms with E-state index in [1.165, 1.54) is 10.8 Å². The van der Waals surface area contributed by atoms with Crippen LogP contribution in [0, 0.1) is 0 Å². The Kier molecular flexibility index (Phi) is 5.35. The van der Waals surface area contributed by atoms with Gasteiger partial charge in [0.05, 0.1) is 11.6 Å². The van der Waals surface area contributed by atoms with Gasteiger partial charge in [0, 0.05) is 12.0 Å². The van der Waals surface area contributed by atoms with E-state index in [-0.39, 0.29) is 12.5 Å². The SMILES string of the molecule is O=C(CCc1cccc2ccccc12)NCc1nc(-c2ccccc2Cl)no1. The highest BCUT2D eigenvalue weighted by atomic mass is 35.5. The molecule has 1 N–H and O–H groups in total. The zero-order valence-corrected chi connectivity index (χ0v) is 15.8. The molecular weight excluding hydrogens is 374 g/mol. The summed E-state index contributed by atoms with van der Waals surface area (Å²) in [6.45, 7) is 0.186. The molecule has 0 bridgehead atoms. The topological polar surface area (TPSA) is 68.0 Å². The van der Waals surface area contributed by atoms with Crippen LogP contribution < -0.4 is 5.32 Å². The zero-order valence-electron chi connectivity index (χ0n) is 15.1. The first kappa shape index (κ1) is 18.2. The van der Waals surface area contributed by atoms with Gasteiger partial charge in [0.2, 0.25) is 17.6 Å². The molecule has 6 heteroatoms. The van der Waals surface area contributed by atoms with Crippen molar-refractivity contribution >= 4 is 28.3 Å². The van der Waals surface area contributed by atoms with Crippen LogP contribution in [0.25, 0.3) is 22.2 Å². The van der Waals surface area contributed by atoms with E-state index < -0.39 is 0 Å². The number of amides is 1. The van der Waals surface area contributed by atoms with E-state index in [2.05, 4.69) is 39.7 Å². The number of aromatic nitrogens is 2. The van der Waals surface area contributed by atoms with Gasteiger partial charge < -0.3 is 9.84 Å². The summed E-state index contributed by atoms with van der Waals surface area (Å²) in [5, 5.41) is 9.67. The third-order valence-electron chi connectivity index (χ3n) is 4.52. The predicted octanol–water partition coefficient (Wildman–Crippen LogP) is 4.79. The summed E-state index contributed by atoms with van der Waals surface area (Å²) in [5.74, 6) is 0.685. The highest BCUT2D eigenvalue weighted by Gasteiger charge is 2.12. The number of nitrogens with zero attached hydrogens (tertiary/aromatic N) is 2. The predicted molar refractivity (Wildman–Crippen MR) is 109 cm³/mol. The highest BCUT2D eigenvalue weighted by Crippen LogP contribution is 2.24. The van der Waals surface area contributed by atoms with Crippen LogP contribution >= 0.6 is 11.6 Å². The number of carbonyl (C=O) groups excluding carboxylic acids is 1. The Morgan fingerprint density at radius 2 is 1.79 bits per heavy atom. The quantitative estimate of drug-likeness (QED) is 0.513. The van der Waals surface area contributed by atoms with Gasteiger partial charge in [-0.3, -0.25) is 4.79 Å². The van der Waals surface area contributed by atoms with Crippen LogP contribution in [-0.4, -0.2) is 16.0 Å². The maximum absolute atomic E-state index is 12.2. The molecule has 3 aromatic carbocycles. The van der Waals surface area contributed by atoms with Crippen LogP contribution in [-0.2, 0) is 17.8 Å². The molecule has 0 fully saturated rings. The summed E-state index contributed by atoms with van der Waals surface area (Å²) in [6, 6.07) is 21.6. The molecule has 140 valence electrons. The molecule has 0 spiro atoms. The summed E-state index contributed by atoms with van der Waals surface area (Å²) in [5.41, 5.74) is 1.86. The second-order valence-electron chi connectivity index (χ2n) is 6.41. The van der Waals surface area contributed by atoms with E-state index in [0.29, 0.717) is 35.1 Å². The van der Waals surface area contributed by atoms with Gasteiger partial charge in [-0.05, 0) is 34.9 Å². The Morgan fingerprint density at radius 3 is 2.68 bits per heavy atom. The van der Waals surface area contributed by atoms with E-state index in [9.17, 15) is 4.79 Å². The van der Waals surface area contributed by atoms with Crippen molar-refractivity contribution in [2.45, 2.75) is 19.4 Å². The number of fused-ring (bicyclic) bond motifs is 1. The Hall–Kier alpha value is -3.18. The van der Waals surface area contributed by atoms with Crippen molar-refractivity contribution in [2.24, 2.45) is 0 Å². The molecule has 0 aliphatic heterocycles. The van der Waals surface area contributed by atoms with Gasteiger partial charge in [-0.1, -0.05) is 71.4 Å². The lowest BCUT2D eigenvalue weighted by Crippen LogP contribution is -2.23. The van der Waals surface area contributed by atoms with Gasteiger partial charge in [0.15, 0.2) is 0 Å². The number of benzene rings is 3. The minimum absolute atomic E-state index is 0.0644. The van der Waals surface area contributed by atoms with Crippen molar-refractivity contribution in [3.05, 3.63) is 83.2 Å². The summed E-state index contributed by atoms with van der Waals surface area (Å²) in [4.78, 5) is 16.5. The largest absolute Gasteiger partial charge is 0.347 e. The minimum atomic E-state index is -0.0644. The van der Waals surface area contributed by atoms with Crippen LogP contribution in [0.2, 0.25) is 5.02 Å². The molecule has 0 radical (unpaired) electrons. The first-order valence-electron chi connectivity index (χ1n) is 9.01. The normalized spacial score (nSPS) is 10.9. The maximum atomic E-state index is 12.2. The molecule has 5 nitrogen and oxygen atoms in total. The average molecular weight is 392 g/mol. The first-order chi connectivity index (χ1) is 13.7. The number of aryl methyl sites for hydroxylation is 1. The standard InChI is InChI=1S/C22H18ClN3O2/c23-19-11-4-3-10-18(19)22-25-21(28-26-22)14-24-20(27)13-12-16-8-5-7-15-6-1-2-9-17(15)16/h1-11H,12-14H2,(H,24,27). The molecule has 0 saturated carbocycles. The summed E-state index contributed by atoms with van der Waals surface area (Å²) < 4.78 is 5.21. The zero-order chi connectivity index (χ0) is 19.3. The third-order valence-corrected chi connectivity index (χ3v) is 4.85. The molecule has 1 amide bonds. The lowest BCUT2D eigenvalue weighted by atomic mass is 10.0. The summed E-state index contributed by atoms with van der Waals surface area (Å²) >= 11 is 6.15. The molecule has 0 unspecified atom stereocenters. The molecule has 4 aromatic rings. The molecule has 1 heterocycles. The molecular formula is C22H18ClN3O2. The van der Waals surface area contributed by atoms with Crippen molar-refractivity contribution in [3.8, 4) is 11.4 Å². The van der Waals surface area contributed by atoms with Crippen LogP contribution in [0.5, 0.6) is 0 Å². The number of hydrogen-bond donors (Lipinski definition) is 1. The summed E-state index contributed by atoms with van der Waals surface area (Å²) in [7, 11) is 0. The second-order valence-corrected chi connectivity index (χ2v) is 6.81. The Balaban J connectivity index is 1.34. The lowest BCUT2D eigenvalue weighted by molar-refractivity contribution is -0.121. The van der Waals surface area contributed by atoms with Crippen LogP contribution in [0.15, 0.2) is 71.3 Å². The van der Waals surface area contributed by atoms with Gasteiger partial charge in [-0.25, -0.2) is 0 Å². The van der Waals surface area contributed by atoms with Crippen LogP contribution in [0.4, 0.5) is 0 Å².